The third-order valence-electron chi connectivity index (χ3n) is 3.76. The Labute approximate surface area is 112 Å². The van der Waals surface area contributed by atoms with Crippen LogP contribution in [0, 0.1) is 0 Å². The summed E-state index contributed by atoms with van der Waals surface area (Å²) >= 11 is 0. The van der Waals surface area contributed by atoms with Gasteiger partial charge in [0.25, 0.3) is 6.43 Å². The van der Waals surface area contributed by atoms with Gasteiger partial charge >= 0.3 is 0 Å². The molecule has 0 bridgehead atoms. The third-order valence-corrected chi connectivity index (χ3v) is 3.76. The van der Waals surface area contributed by atoms with Crippen LogP contribution in [0.5, 0.6) is 0 Å². The summed E-state index contributed by atoms with van der Waals surface area (Å²) in [5.41, 5.74) is 6.40. The van der Waals surface area contributed by atoms with Crippen molar-refractivity contribution in [2.24, 2.45) is 0 Å². The molecular weight excluding hydrogens is 248 g/mol. The monoisotopic (exact) mass is 269 g/mol. The fourth-order valence-corrected chi connectivity index (χ4v) is 2.55. The van der Waals surface area contributed by atoms with Crippen LogP contribution in [-0.2, 0) is 0 Å². The van der Waals surface area contributed by atoms with Gasteiger partial charge in [-0.15, -0.1) is 0 Å². The predicted molar refractivity (Wildman–Crippen MR) is 74.6 cm³/mol. The molecule has 0 saturated carbocycles. The summed E-state index contributed by atoms with van der Waals surface area (Å²) in [5.74, 6) is 0. The number of halogens is 2. The first-order chi connectivity index (χ1) is 9.08. The fraction of sp³-hybridized carbons (Fsp3) is 0.571. The van der Waals surface area contributed by atoms with E-state index in [0.29, 0.717) is 24.0 Å². The molecule has 3 nitrogen and oxygen atoms in total. The average molecular weight is 269 g/mol. The number of piperidine rings is 1. The summed E-state index contributed by atoms with van der Waals surface area (Å²) in [5, 5.41) is 3.14. The first-order valence-electron chi connectivity index (χ1n) is 6.69. The molecule has 1 aromatic carbocycles. The Morgan fingerprint density at radius 2 is 2.21 bits per heavy atom. The van der Waals surface area contributed by atoms with E-state index in [4.69, 9.17) is 5.73 Å². The van der Waals surface area contributed by atoms with E-state index < -0.39 is 6.43 Å². The second kappa shape index (κ2) is 6.19. The Hall–Kier alpha value is -1.36. The molecule has 5 heteroatoms. The number of hydrogen-bond acceptors (Lipinski definition) is 3. The number of anilines is 2. The molecule has 2 rings (SSSR count). The fourth-order valence-electron chi connectivity index (χ4n) is 2.55. The van der Waals surface area contributed by atoms with Gasteiger partial charge in [-0.25, -0.2) is 8.78 Å². The Morgan fingerprint density at radius 3 is 2.89 bits per heavy atom. The van der Waals surface area contributed by atoms with Crippen molar-refractivity contribution >= 4 is 11.4 Å². The number of likely N-dealkylation sites (N-methyl/N-ethyl adjacent to an activating group) is 1. The second-order valence-corrected chi connectivity index (χ2v) is 5.16. The molecular formula is C14H21F2N3. The second-order valence-electron chi connectivity index (χ2n) is 5.16. The lowest BCUT2D eigenvalue weighted by Crippen LogP contribution is -2.40. The molecule has 0 aliphatic carbocycles. The summed E-state index contributed by atoms with van der Waals surface area (Å²) in [6, 6.07) is 5.05. The number of likely N-dealkylation sites (tertiary alicyclic amines) is 1. The van der Waals surface area contributed by atoms with Crippen molar-refractivity contribution in [3.05, 3.63) is 23.8 Å². The smallest absolute Gasteiger partial charge is 0.265 e. The van der Waals surface area contributed by atoms with Crippen LogP contribution in [0.3, 0.4) is 0 Å². The molecule has 1 atom stereocenters. The van der Waals surface area contributed by atoms with Crippen LogP contribution in [0.25, 0.3) is 0 Å². The maximum absolute atomic E-state index is 12.9. The van der Waals surface area contributed by atoms with Crippen LogP contribution in [0.2, 0.25) is 0 Å². The molecule has 1 aliphatic heterocycles. The molecule has 19 heavy (non-hydrogen) atoms. The van der Waals surface area contributed by atoms with E-state index in [1.165, 1.54) is 18.9 Å². The lowest BCUT2D eigenvalue weighted by molar-refractivity contribution is 0.152. The van der Waals surface area contributed by atoms with Crippen molar-refractivity contribution in [2.75, 3.05) is 31.2 Å². The van der Waals surface area contributed by atoms with E-state index in [1.54, 1.807) is 12.1 Å². The molecule has 1 saturated heterocycles. The molecule has 0 spiro atoms. The van der Waals surface area contributed by atoms with Crippen LogP contribution in [0.4, 0.5) is 20.2 Å². The minimum atomic E-state index is -2.50. The molecule has 3 N–H and O–H groups in total. The van der Waals surface area contributed by atoms with Gasteiger partial charge in [-0.2, -0.15) is 0 Å². The van der Waals surface area contributed by atoms with E-state index in [-0.39, 0.29) is 5.56 Å². The zero-order chi connectivity index (χ0) is 13.8. The average Bonchev–Trinajstić information content (AvgIpc) is 2.38. The van der Waals surface area contributed by atoms with Gasteiger partial charge in [-0.1, -0.05) is 6.42 Å². The normalized spacial score (nSPS) is 20.7. The van der Waals surface area contributed by atoms with Gasteiger partial charge in [0.1, 0.15) is 0 Å². The number of nitrogens with zero attached hydrogens (tertiary/aromatic N) is 1. The number of nitrogens with one attached hydrogen (secondary N) is 1. The maximum atomic E-state index is 12.9. The number of nitrogen functional groups attached to an aromatic ring is 1. The number of hydrogen-bond donors (Lipinski definition) is 2. The molecule has 1 unspecified atom stereocenters. The summed E-state index contributed by atoms with van der Waals surface area (Å²) < 4.78 is 25.9. The summed E-state index contributed by atoms with van der Waals surface area (Å²) in [7, 11) is 2.09. The van der Waals surface area contributed by atoms with Crippen molar-refractivity contribution in [2.45, 2.75) is 31.7 Å². The Kier molecular flexibility index (Phi) is 4.58. The summed E-state index contributed by atoms with van der Waals surface area (Å²) in [4.78, 5) is 2.29. The topological polar surface area (TPSA) is 41.3 Å². The highest BCUT2D eigenvalue weighted by molar-refractivity contribution is 5.58. The Balaban J connectivity index is 2.02. The lowest BCUT2D eigenvalue weighted by atomic mass is 10.0. The zero-order valence-electron chi connectivity index (χ0n) is 11.2. The van der Waals surface area contributed by atoms with Crippen molar-refractivity contribution in [3.63, 3.8) is 0 Å². The number of benzene rings is 1. The standard InChI is InChI=1S/C14H21F2N3/c1-19-7-3-2-4-11(19)9-18-13-6-5-10(17)8-12(13)14(15)16/h5-6,8,11,14,18H,2-4,7,9,17H2,1H3. The van der Waals surface area contributed by atoms with Gasteiger partial charge in [0.05, 0.1) is 0 Å². The number of nitrogens with two attached hydrogens (primary N) is 1. The molecule has 1 heterocycles. The SMILES string of the molecule is CN1CCCCC1CNc1ccc(N)cc1C(F)F. The van der Waals surface area contributed by atoms with Gasteiger partial charge in [0.2, 0.25) is 0 Å². The molecule has 1 aliphatic rings. The van der Waals surface area contributed by atoms with Gasteiger partial charge in [-0.3, -0.25) is 0 Å². The quantitative estimate of drug-likeness (QED) is 0.825. The van der Waals surface area contributed by atoms with Gasteiger partial charge in [0.15, 0.2) is 0 Å². The molecule has 1 aromatic rings. The van der Waals surface area contributed by atoms with Crippen LogP contribution in [-0.4, -0.2) is 31.1 Å². The van der Waals surface area contributed by atoms with Crippen LogP contribution in [0.15, 0.2) is 18.2 Å². The van der Waals surface area contributed by atoms with Crippen LogP contribution < -0.4 is 11.1 Å². The van der Waals surface area contributed by atoms with Crippen molar-refractivity contribution in [1.82, 2.24) is 4.90 Å². The van der Waals surface area contributed by atoms with E-state index in [1.807, 2.05) is 0 Å². The highest BCUT2D eigenvalue weighted by Gasteiger charge is 2.20. The van der Waals surface area contributed by atoms with Crippen molar-refractivity contribution < 1.29 is 8.78 Å². The first-order valence-corrected chi connectivity index (χ1v) is 6.69. The lowest BCUT2D eigenvalue weighted by Gasteiger charge is -2.33. The van der Waals surface area contributed by atoms with Gasteiger partial charge in [0, 0.05) is 29.5 Å². The largest absolute Gasteiger partial charge is 0.399 e. The molecule has 106 valence electrons. The van der Waals surface area contributed by atoms with E-state index in [9.17, 15) is 8.78 Å². The Bertz CT molecular complexity index is 423. The number of alkyl halides is 2. The minimum Gasteiger partial charge on any atom is -0.399 e. The van der Waals surface area contributed by atoms with E-state index in [2.05, 4.69) is 17.3 Å². The number of rotatable bonds is 4. The molecule has 0 amide bonds. The molecule has 0 radical (unpaired) electrons. The minimum absolute atomic E-state index is 0.0153. The molecule has 1 fully saturated rings. The predicted octanol–water partition coefficient (Wildman–Crippen LogP) is 3.10. The highest BCUT2D eigenvalue weighted by atomic mass is 19.3. The van der Waals surface area contributed by atoms with Crippen molar-refractivity contribution in [3.8, 4) is 0 Å². The third kappa shape index (κ3) is 3.56. The maximum Gasteiger partial charge on any atom is 0.265 e. The zero-order valence-corrected chi connectivity index (χ0v) is 11.2. The van der Waals surface area contributed by atoms with Gasteiger partial charge in [-0.05, 0) is 44.6 Å². The summed E-state index contributed by atoms with van der Waals surface area (Å²) in [6.45, 7) is 1.77. The summed E-state index contributed by atoms with van der Waals surface area (Å²) in [6.07, 6.45) is 1.04. The van der Waals surface area contributed by atoms with Gasteiger partial charge < -0.3 is 16.0 Å². The highest BCUT2D eigenvalue weighted by Crippen LogP contribution is 2.29. The van der Waals surface area contributed by atoms with Crippen LogP contribution in [0.1, 0.15) is 31.3 Å². The first kappa shape index (κ1) is 14.1. The van der Waals surface area contributed by atoms with E-state index >= 15 is 0 Å². The van der Waals surface area contributed by atoms with E-state index in [0.717, 1.165) is 13.0 Å². The molecule has 0 aromatic heterocycles. The van der Waals surface area contributed by atoms with Crippen molar-refractivity contribution in [1.29, 1.82) is 0 Å². The van der Waals surface area contributed by atoms with Crippen LogP contribution >= 0.6 is 0 Å². The Morgan fingerprint density at radius 1 is 1.42 bits per heavy atom.